The van der Waals surface area contributed by atoms with Crippen molar-refractivity contribution in [1.29, 1.82) is 0 Å². The molecular weight excluding hydrogens is 584 g/mol. The van der Waals surface area contributed by atoms with Crippen LogP contribution < -0.4 is 4.90 Å². The molecule has 2 aromatic heterocycles. The minimum atomic E-state index is -1.16. The fourth-order valence-electron chi connectivity index (χ4n) is 6.26. The van der Waals surface area contributed by atoms with E-state index < -0.39 is 17.7 Å². The summed E-state index contributed by atoms with van der Waals surface area (Å²) in [6, 6.07) is 15.8. The first-order chi connectivity index (χ1) is 20.4. The molecule has 1 N–H and O–H groups in total. The van der Waals surface area contributed by atoms with E-state index in [-0.39, 0.29) is 5.41 Å². The van der Waals surface area contributed by atoms with E-state index >= 15 is 0 Å². The molecule has 0 saturated carbocycles. The van der Waals surface area contributed by atoms with Gasteiger partial charge in [-0.05, 0) is 75.2 Å². The van der Waals surface area contributed by atoms with Crippen molar-refractivity contribution >= 4 is 55.8 Å². The molecule has 43 heavy (non-hydrogen) atoms. The number of ether oxygens (including phenoxy) is 2. The van der Waals surface area contributed by atoms with Crippen molar-refractivity contribution in [2.75, 3.05) is 31.2 Å². The van der Waals surface area contributed by atoms with Crippen molar-refractivity contribution in [3.63, 3.8) is 0 Å². The molecule has 0 bridgehead atoms. The normalized spacial score (nSPS) is 16.9. The predicted octanol–water partition coefficient (Wildman–Crippen LogP) is 7.26. The molecule has 7 rings (SSSR count). The second-order valence-electron chi connectivity index (χ2n) is 12.8. The van der Waals surface area contributed by atoms with Crippen molar-refractivity contribution in [2.45, 2.75) is 39.4 Å². The highest BCUT2D eigenvalue weighted by Gasteiger charge is 2.50. The lowest BCUT2D eigenvalue weighted by atomic mass is 9.78. The SMILES string of the molecule is Cc1cc2nc(-c3ccc4c(c3)c(N3CC5(COC5)C3)nn4C)sc2c(-c2ccc(Cl)cc2)c1[C@H](OC(C)(C)C)C(=O)O. The maximum atomic E-state index is 12.7. The Morgan fingerprint density at radius 2 is 1.81 bits per heavy atom. The number of carboxylic acids is 1. The van der Waals surface area contributed by atoms with Gasteiger partial charge < -0.3 is 19.5 Å². The summed E-state index contributed by atoms with van der Waals surface area (Å²) in [5.74, 6) is -0.0466. The van der Waals surface area contributed by atoms with E-state index in [9.17, 15) is 9.90 Å². The van der Waals surface area contributed by atoms with Crippen LogP contribution in [0.15, 0.2) is 48.5 Å². The minimum Gasteiger partial charge on any atom is -0.479 e. The highest BCUT2D eigenvalue weighted by molar-refractivity contribution is 7.22. The zero-order valence-electron chi connectivity index (χ0n) is 24.8. The van der Waals surface area contributed by atoms with Crippen molar-refractivity contribution in [1.82, 2.24) is 14.8 Å². The number of anilines is 1. The molecule has 2 aliphatic heterocycles. The second kappa shape index (κ2) is 10.0. The predicted molar refractivity (Wildman–Crippen MR) is 171 cm³/mol. The fourth-order valence-corrected chi connectivity index (χ4v) is 7.51. The topological polar surface area (TPSA) is 89.7 Å². The third-order valence-corrected chi connectivity index (χ3v) is 9.65. The number of halogens is 1. The molecule has 2 saturated heterocycles. The molecule has 0 aliphatic carbocycles. The molecule has 0 unspecified atom stereocenters. The van der Waals surface area contributed by atoms with Gasteiger partial charge in [-0.15, -0.1) is 11.3 Å². The average molecular weight is 617 g/mol. The monoisotopic (exact) mass is 616 g/mol. The average Bonchev–Trinajstić information content (AvgIpc) is 3.46. The summed E-state index contributed by atoms with van der Waals surface area (Å²) >= 11 is 7.81. The summed E-state index contributed by atoms with van der Waals surface area (Å²) in [7, 11) is 1.98. The summed E-state index contributed by atoms with van der Waals surface area (Å²) < 4.78 is 14.5. The van der Waals surface area contributed by atoms with Crippen LogP contribution in [0.2, 0.25) is 5.02 Å². The van der Waals surface area contributed by atoms with E-state index in [0.717, 1.165) is 80.5 Å². The molecule has 4 heterocycles. The van der Waals surface area contributed by atoms with Gasteiger partial charge >= 0.3 is 5.97 Å². The first-order valence-electron chi connectivity index (χ1n) is 14.3. The maximum absolute atomic E-state index is 12.7. The van der Waals surface area contributed by atoms with E-state index in [2.05, 4.69) is 23.1 Å². The smallest absolute Gasteiger partial charge is 0.337 e. The number of fused-ring (bicyclic) bond motifs is 2. The van der Waals surface area contributed by atoms with E-state index in [1.54, 1.807) is 11.3 Å². The first-order valence-corrected chi connectivity index (χ1v) is 15.5. The van der Waals surface area contributed by atoms with Crippen LogP contribution in [0.1, 0.15) is 38.0 Å². The molecule has 0 amide bonds. The second-order valence-corrected chi connectivity index (χ2v) is 14.3. The summed E-state index contributed by atoms with van der Waals surface area (Å²) in [6.07, 6.45) is -1.16. The Bertz CT molecular complexity index is 1890. The number of rotatable bonds is 6. The van der Waals surface area contributed by atoms with Gasteiger partial charge in [0.05, 0.1) is 40.0 Å². The molecule has 222 valence electrons. The number of thiazole rings is 1. The number of aryl methyl sites for hydroxylation is 2. The summed E-state index contributed by atoms with van der Waals surface area (Å²) in [4.78, 5) is 20.1. The van der Waals surface area contributed by atoms with Crippen molar-refractivity contribution in [3.05, 3.63) is 64.7 Å². The lowest BCUT2D eigenvalue weighted by molar-refractivity contribution is -0.160. The molecular formula is C33H33ClN4O4S. The molecule has 8 nitrogen and oxygen atoms in total. The van der Waals surface area contributed by atoms with Crippen molar-refractivity contribution in [3.8, 4) is 21.7 Å². The summed E-state index contributed by atoms with van der Waals surface area (Å²) in [5.41, 5.74) is 5.60. The van der Waals surface area contributed by atoms with Crippen LogP contribution in [0.25, 0.3) is 42.8 Å². The van der Waals surface area contributed by atoms with Gasteiger partial charge in [-0.25, -0.2) is 9.78 Å². The zero-order chi connectivity index (χ0) is 30.3. The molecule has 2 aliphatic rings. The highest BCUT2D eigenvalue weighted by Crippen LogP contribution is 2.46. The molecule has 0 radical (unpaired) electrons. The highest BCUT2D eigenvalue weighted by atomic mass is 35.5. The fraction of sp³-hybridized carbons (Fsp3) is 0.364. The van der Waals surface area contributed by atoms with Crippen LogP contribution in [0.4, 0.5) is 5.82 Å². The number of hydrogen-bond acceptors (Lipinski definition) is 7. The van der Waals surface area contributed by atoms with Crippen molar-refractivity contribution < 1.29 is 19.4 Å². The van der Waals surface area contributed by atoms with E-state index in [0.29, 0.717) is 10.6 Å². The van der Waals surface area contributed by atoms with Crippen LogP contribution in [0.5, 0.6) is 0 Å². The van der Waals surface area contributed by atoms with Crippen LogP contribution in [-0.2, 0) is 21.3 Å². The van der Waals surface area contributed by atoms with Gasteiger partial charge in [-0.1, -0.05) is 23.7 Å². The molecule has 2 fully saturated rings. The van der Waals surface area contributed by atoms with Gasteiger partial charge in [0.2, 0.25) is 0 Å². The van der Waals surface area contributed by atoms with Crippen LogP contribution >= 0.6 is 22.9 Å². The Morgan fingerprint density at radius 1 is 1.12 bits per heavy atom. The van der Waals surface area contributed by atoms with Crippen LogP contribution in [0, 0.1) is 12.3 Å². The van der Waals surface area contributed by atoms with E-state index in [1.807, 2.05) is 69.8 Å². The lowest BCUT2D eigenvalue weighted by Crippen LogP contribution is -2.66. The quantitative estimate of drug-likeness (QED) is 0.215. The number of aromatic nitrogens is 3. The standard InChI is InChI=1S/C33H33ClN4O4S/c1-18-12-23-28(26(19-6-9-21(34)10-7-19)25(18)27(31(39)40)42-32(2,3)4)43-30(35-23)20-8-11-24-22(13-20)29(36-37(24)5)38-14-33(15-38)16-41-17-33/h6-13,27H,14-17H2,1-5H3,(H,39,40)/t27-/m0/s1. The third kappa shape index (κ3) is 4.88. The molecule has 5 aromatic rings. The van der Waals surface area contributed by atoms with Gasteiger partial charge in [0, 0.05) is 47.2 Å². The van der Waals surface area contributed by atoms with Crippen molar-refractivity contribution in [2.24, 2.45) is 12.5 Å². The Kier molecular flexibility index (Phi) is 6.59. The number of carbonyl (C=O) groups is 1. The summed E-state index contributed by atoms with van der Waals surface area (Å²) in [5, 5.41) is 17.8. The van der Waals surface area contributed by atoms with Gasteiger partial charge in [-0.3, -0.25) is 4.68 Å². The van der Waals surface area contributed by atoms with Gasteiger partial charge in [0.1, 0.15) is 5.01 Å². The number of nitrogens with zero attached hydrogens (tertiary/aromatic N) is 4. The molecule has 1 spiro atoms. The largest absolute Gasteiger partial charge is 0.479 e. The number of benzene rings is 3. The van der Waals surface area contributed by atoms with E-state index in [1.165, 1.54) is 0 Å². The van der Waals surface area contributed by atoms with Crippen LogP contribution in [-0.4, -0.2) is 57.7 Å². The Balaban J connectivity index is 1.38. The maximum Gasteiger partial charge on any atom is 0.337 e. The minimum absolute atomic E-state index is 0.284. The van der Waals surface area contributed by atoms with E-state index in [4.69, 9.17) is 31.2 Å². The Labute approximate surface area is 258 Å². The molecule has 3 aromatic carbocycles. The molecule has 1 atom stereocenters. The third-order valence-electron chi connectivity index (χ3n) is 8.26. The van der Waals surface area contributed by atoms with Crippen LogP contribution in [0.3, 0.4) is 0 Å². The zero-order valence-corrected chi connectivity index (χ0v) is 26.3. The Morgan fingerprint density at radius 3 is 2.44 bits per heavy atom. The number of aliphatic carboxylic acids is 1. The summed E-state index contributed by atoms with van der Waals surface area (Å²) in [6.45, 7) is 11.1. The molecule has 10 heteroatoms. The number of hydrogen-bond donors (Lipinski definition) is 1. The first kappa shape index (κ1) is 28.3. The van der Waals surface area contributed by atoms with Gasteiger partial charge in [0.25, 0.3) is 0 Å². The van der Waals surface area contributed by atoms with Gasteiger partial charge in [0.15, 0.2) is 11.9 Å². The Hall–Kier alpha value is -3.50. The lowest BCUT2D eigenvalue weighted by Gasteiger charge is -2.55. The van der Waals surface area contributed by atoms with Gasteiger partial charge in [-0.2, -0.15) is 5.10 Å². The number of carboxylic acid groups (broad SMARTS) is 1.